The van der Waals surface area contributed by atoms with Gasteiger partial charge in [0.1, 0.15) is 17.3 Å². The van der Waals surface area contributed by atoms with Gasteiger partial charge in [0.15, 0.2) is 0 Å². The zero-order valence-corrected chi connectivity index (χ0v) is 16.1. The number of hydrazone groups is 1. The van der Waals surface area contributed by atoms with Crippen molar-refractivity contribution in [3.63, 3.8) is 0 Å². The first-order valence-corrected chi connectivity index (χ1v) is 9.02. The van der Waals surface area contributed by atoms with Crippen molar-refractivity contribution in [2.75, 3.05) is 14.2 Å². The summed E-state index contributed by atoms with van der Waals surface area (Å²) in [6, 6.07) is 10.7. The van der Waals surface area contributed by atoms with E-state index in [1.807, 2.05) is 0 Å². The largest absolute Gasteiger partial charge is 0.497 e. The molecule has 1 aliphatic rings. The smallest absolute Gasteiger partial charge is 0.303 e. The number of benzene rings is 2. The molecule has 8 heteroatoms. The first kappa shape index (κ1) is 20.3. The Morgan fingerprint density at radius 3 is 2.62 bits per heavy atom. The number of hydrogen-bond donors (Lipinski definition) is 1. The number of amides is 1. The Hall–Kier alpha value is -3.42. The van der Waals surface area contributed by atoms with Crippen molar-refractivity contribution in [3.8, 4) is 11.5 Å². The summed E-state index contributed by atoms with van der Waals surface area (Å²) in [5, 5.41) is 14.6. The highest BCUT2D eigenvalue weighted by Crippen LogP contribution is 2.36. The van der Waals surface area contributed by atoms with Crippen LogP contribution in [0.3, 0.4) is 0 Å². The normalized spacial score (nSPS) is 15.8. The van der Waals surface area contributed by atoms with Gasteiger partial charge in [0, 0.05) is 24.5 Å². The molecule has 1 N–H and O–H groups in total. The second-order valence-corrected chi connectivity index (χ2v) is 6.52. The molecule has 1 amide bonds. The van der Waals surface area contributed by atoms with E-state index in [4.69, 9.17) is 14.6 Å². The van der Waals surface area contributed by atoms with Gasteiger partial charge in [-0.3, -0.25) is 9.59 Å². The summed E-state index contributed by atoms with van der Waals surface area (Å²) in [6.45, 7) is 0. The summed E-state index contributed by atoms with van der Waals surface area (Å²) in [6.07, 6.45) is -0.162. The predicted molar refractivity (Wildman–Crippen MR) is 104 cm³/mol. The summed E-state index contributed by atoms with van der Waals surface area (Å²) in [4.78, 5) is 23.5. The molecule has 0 bridgehead atoms. The topological polar surface area (TPSA) is 88.4 Å². The van der Waals surface area contributed by atoms with Crippen LogP contribution in [0.2, 0.25) is 0 Å². The molecule has 0 saturated carbocycles. The molecule has 1 heterocycles. The first-order valence-electron chi connectivity index (χ1n) is 9.02. The third-order valence-electron chi connectivity index (χ3n) is 4.67. The van der Waals surface area contributed by atoms with Crippen molar-refractivity contribution in [1.82, 2.24) is 5.01 Å². The zero-order valence-electron chi connectivity index (χ0n) is 16.1. The van der Waals surface area contributed by atoms with Gasteiger partial charge in [0.25, 0.3) is 0 Å². The van der Waals surface area contributed by atoms with E-state index in [9.17, 15) is 14.0 Å². The van der Waals surface area contributed by atoms with Crippen molar-refractivity contribution in [2.24, 2.45) is 5.10 Å². The first-order chi connectivity index (χ1) is 13.9. The number of carbonyl (C=O) groups is 2. The number of rotatable bonds is 7. The third kappa shape index (κ3) is 4.53. The van der Waals surface area contributed by atoms with Gasteiger partial charge in [-0.25, -0.2) is 9.40 Å². The minimum Gasteiger partial charge on any atom is -0.497 e. The number of aliphatic carboxylic acids is 1. The Bertz CT molecular complexity index is 960. The quantitative estimate of drug-likeness (QED) is 0.770. The summed E-state index contributed by atoms with van der Waals surface area (Å²) >= 11 is 0. The van der Waals surface area contributed by atoms with Gasteiger partial charge in [0.05, 0.1) is 32.4 Å². The fraction of sp³-hybridized carbons (Fsp3) is 0.286. The molecular weight excluding hydrogens is 379 g/mol. The Kier molecular flexibility index (Phi) is 6.11. The Morgan fingerprint density at radius 1 is 1.17 bits per heavy atom. The van der Waals surface area contributed by atoms with Gasteiger partial charge in [-0.05, 0) is 29.8 Å². The molecule has 1 atom stereocenters. The Labute approximate surface area is 167 Å². The molecule has 29 heavy (non-hydrogen) atoms. The van der Waals surface area contributed by atoms with Gasteiger partial charge in [0.2, 0.25) is 5.91 Å². The maximum atomic E-state index is 13.8. The minimum atomic E-state index is -1.07. The van der Waals surface area contributed by atoms with E-state index < -0.39 is 23.7 Å². The predicted octanol–water partition coefficient (Wildman–Crippen LogP) is 3.39. The minimum absolute atomic E-state index is 0.197. The van der Waals surface area contributed by atoms with Crippen molar-refractivity contribution >= 4 is 17.6 Å². The molecule has 0 fully saturated rings. The van der Waals surface area contributed by atoms with Crippen LogP contribution in [0.4, 0.5) is 4.39 Å². The molecule has 7 nitrogen and oxygen atoms in total. The number of nitrogens with zero attached hydrogens (tertiary/aromatic N) is 2. The molecular formula is C21H21FN2O5. The fourth-order valence-electron chi connectivity index (χ4n) is 3.24. The lowest BCUT2D eigenvalue weighted by Crippen LogP contribution is -2.27. The molecule has 1 aliphatic heterocycles. The van der Waals surface area contributed by atoms with Crippen LogP contribution < -0.4 is 9.47 Å². The van der Waals surface area contributed by atoms with Crippen LogP contribution in [0.25, 0.3) is 0 Å². The number of ether oxygens (including phenoxy) is 2. The van der Waals surface area contributed by atoms with E-state index in [2.05, 4.69) is 5.10 Å². The Balaban J connectivity index is 1.97. The third-order valence-corrected chi connectivity index (χ3v) is 4.67. The second-order valence-electron chi connectivity index (χ2n) is 6.52. The highest BCUT2D eigenvalue weighted by Gasteiger charge is 2.34. The van der Waals surface area contributed by atoms with Crippen LogP contribution in [-0.4, -0.2) is 41.9 Å². The van der Waals surface area contributed by atoms with E-state index in [0.717, 1.165) is 0 Å². The van der Waals surface area contributed by atoms with E-state index in [1.165, 1.54) is 24.3 Å². The van der Waals surface area contributed by atoms with Gasteiger partial charge < -0.3 is 14.6 Å². The fourth-order valence-corrected chi connectivity index (χ4v) is 3.24. The summed E-state index contributed by atoms with van der Waals surface area (Å²) in [5.41, 5.74) is 1.85. The molecule has 152 valence electrons. The summed E-state index contributed by atoms with van der Waals surface area (Å²) in [5.74, 6) is -0.790. The molecule has 3 rings (SSSR count). The molecule has 2 aromatic rings. The SMILES string of the molecule is COc1ccc(C2=NN(C(=O)CCC(=O)O)[C@H](c3cccc(F)c3)C2)c(OC)c1. The van der Waals surface area contributed by atoms with Crippen molar-refractivity contribution in [3.05, 3.63) is 59.4 Å². The lowest BCUT2D eigenvalue weighted by molar-refractivity contribution is -0.141. The van der Waals surface area contributed by atoms with E-state index >= 15 is 0 Å². The average molecular weight is 400 g/mol. The average Bonchev–Trinajstić information content (AvgIpc) is 3.16. The standard InChI is InChI=1S/C21H21FN2O5/c1-28-15-6-7-16(19(11-15)29-2)17-12-18(13-4-3-5-14(22)10-13)24(23-17)20(25)8-9-21(26)27/h3-7,10-11,18H,8-9,12H2,1-2H3,(H,26,27)/t18-/m0/s1. The van der Waals surface area contributed by atoms with Gasteiger partial charge in [-0.2, -0.15) is 5.10 Å². The molecule has 0 aliphatic carbocycles. The second kappa shape index (κ2) is 8.72. The zero-order chi connectivity index (χ0) is 21.0. The van der Waals surface area contributed by atoms with E-state index in [1.54, 1.807) is 37.4 Å². The van der Waals surface area contributed by atoms with Crippen LogP contribution in [0.1, 0.15) is 36.4 Å². The number of carboxylic acid groups (broad SMARTS) is 1. The van der Waals surface area contributed by atoms with E-state index in [0.29, 0.717) is 34.8 Å². The maximum absolute atomic E-state index is 13.8. The van der Waals surface area contributed by atoms with Crippen molar-refractivity contribution in [2.45, 2.75) is 25.3 Å². The van der Waals surface area contributed by atoms with Crippen LogP contribution in [-0.2, 0) is 9.59 Å². The number of carbonyl (C=O) groups excluding carboxylic acids is 1. The molecule has 0 unspecified atom stereocenters. The maximum Gasteiger partial charge on any atom is 0.303 e. The highest BCUT2D eigenvalue weighted by atomic mass is 19.1. The monoisotopic (exact) mass is 400 g/mol. The van der Waals surface area contributed by atoms with Crippen molar-refractivity contribution in [1.29, 1.82) is 0 Å². The van der Waals surface area contributed by atoms with Gasteiger partial charge >= 0.3 is 5.97 Å². The Morgan fingerprint density at radius 2 is 1.97 bits per heavy atom. The molecule has 0 saturated heterocycles. The lowest BCUT2D eigenvalue weighted by atomic mass is 9.97. The molecule has 0 radical (unpaired) electrons. The van der Waals surface area contributed by atoms with E-state index in [-0.39, 0.29) is 12.8 Å². The number of hydrogen-bond acceptors (Lipinski definition) is 5. The molecule has 2 aromatic carbocycles. The van der Waals surface area contributed by atoms with Crippen molar-refractivity contribution < 1.29 is 28.6 Å². The lowest BCUT2D eigenvalue weighted by Gasteiger charge is -2.22. The number of methoxy groups -OCH3 is 2. The van der Waals surface area contributed by atoms with Crippen LogP contribution in [0.5, 0.6) is 11.5 Å². The molecule has 0 spiro atoms. The van der Waals surface area contributed by atoms with Crippen LogP contribution in [0.15, 0.2) is 47.6 Å². The summed E-state index contributed by atoms with van der Waals surface area (Å²) < 4.78 is 24.4. The van der Waals surface area contributed by atoms with Crippen LogP contribution in [0, 0.1) is 5.82 Å². The highest BCUT2D eigenvalue weighted by molar-refractivity contribution is 6.05. The van der Waals surface area contributed by atoms with Gasteiger partial charge in [-0.15, -0.1) is 0 Å². The summed E-state index contributed by atoms with van der Waals surface area (Å²) in [7, 11) is 3.07. The molecule has 0 aromatic heterocycles. The number of halogens is 1. The van der Waals surface area contributed by atoms with Crippen LogP contribution >= 0.6 is 0 Å². The number of carboxylic acids is 1. The van der Waals surface area contributed by atoms with Gasteiger partial charge in [-0.1, -0.05) is 12.1 Å².